The van der Waals surface area contributed by atoms with Crippen LogP contribution in [0.4, 0.5) is 0 Å². The summed E-state index contributed by atoms with van der Waals surface area (Å²) in [6.45, 7) is 3.26. The van der Waals surface area contributed by atoms with E-state index < -0.39 is 10.0 Å². The molecule has 1 heterocycles. The van der Waals surface area contributed by atoms with Crippen molar-refractivity contribution in [3.8, 4) is 0 Å². The van der Waals surface area contributed by atoms with Crippen LogP contribution < -0.4 is 10.0 Å². The second-order valence-electron chi connectivity index (χ2n) is 2.97. The Morgan fingerprint density at radius 2 is 2.33 bits per heavy atom. The molecular formula is C8H15N3O2S2. The summed E-state index contributed by atoms with van der Waals surface area (Å²) < 4.78 is 24.9. The van der Waals surface area contributed by atoms with Crippen molar-refractivity contribution in [3.05, 3.63) is 16.6 Å². The molecular weight excluding hydrogens is 234 g/mol. The van der Waals surface area contributed by atoms with E-state index in [1.165, 1.54) is 11.3 Å². The summed E-state index contributed by atoms with van der Waals surface area (Å²) in [5, 5.41) is 4.96. The smallest absolute Gasteiger partial charge is 0.212 e. The SMILES string of the molecule is CCNS(=O)(=O)CCNCc1cscn1. The molecule has 1 aromatic heterocycles. The van der Waals surface area contributed by atoms with E-state index in [0.29, 0.717) is 19.6 Å². The Balaban J connectivity index is 2.17. The molecule has 7 heteroatoms. The lowest BCUT2D eigenvalue weighted by molar-refractivity contribution is 0.578. The number of nitrogens with zero attached hydrogens (tertiary/aromatic N) is 1. The Labute approximate surface area is 94.0 Å². The van der Waals surface area contributed by atoms with Gasteiger partial charge in [0.05, 0.1) is 17.0 Å². The van der Waals surface area contributed by atoms with Crippen molar-refractivity contribution in [2.24, 2.45) is 0 Å². The molecule has 0 saturated carbocycles. The van der Waals surface area contributed by atoms with Gasteiger partial charge in [-0.3, -0.25) is 0 Å². The highest BCUT2D eigenvalue weighted by Crippen LogP contribution is 1.99. The van der Waals surface area contributed by atoms with Gasteiger partial charge >= 0.3 is 0 Å². The van der Waals surface area contributed by atoms with E-state index in [0.717, 1.165) is 5.69 Å². The van der Waals surface area contributed by atoms with E-state index >= 15 is 0 Å². The molecule has 1 aromatic rings. The molecule has 0 amide bonds. The van der Waals surface area contributed by atoms with Crippen molar-refractivity contribution in [1.29, 1.82) is 0 Å². The van der Waals surface area contributed by atoms with Crippen LogP contribution in [-0.2, 0) is 16.6 Å². The Morgan fingerprint density at radius 3 is 2.93 bits per heavy atom. The van der Waals surface area contributed by atoms with Gasteiger partial charge in [-0.05, 0) is 0 Å². The van der Waals surface area contributed by atoms with Gasteiger partial charge < -0.3 is 5.32 Å². The van der Waals surface area contributed by atoms with Crippen LogP contribution in [0.2, 0.25) is 0 Å². The van der Waals surface area contributed by atoms with Gasteiger partial charge in [0.1, 0.15) is 0 Å². The van der Waals surface area contributed by atoms with Gasteiger partial charge in [-0.15, -0.1) is 11.3 Å². The molecule has 0 aliphatic heterocycles. The maximum absolute atomic E-state index is 11.2. The molecule has 0 aliphatic carbocycles. The first-order valence-electron chi connectivity index (χ1n) is 4.69. The zero-order chi connectivity index (χ0) is 11.1. The van der Waals surface area contributed by atoms with Crippen molar-refractivity contribution < 1.29 is 8.42 Å². The Bertz CT molecular complexity index is 361. The third kappa shape index (κ3) is 5.22. The van der Waals surface area contributed by atoms with Crippen LogP contribution >= 0.6 is 11.3 Å². The number of rotatable bonds is 7. The van der Waals surface area contributed by atoms with E-state index in [1.54, 1.807) is 12.4 Å². The van der Waals surface area contributed by atoms with Crippen molar-refractivity contribution in [1.82, 2.24) is 15.0 Å². The lowest BCUT2D eigenvalue weighted by atomic mass is 10.5. The quantitative estimate of drug-likeness (QED) is 0.676. The highest BCUT2D eigenvalue weighted by molar-refractivity contribution is 7.89. The molecule has 2 N–H and O–H groups in total. The summed E-state index contributed by atoms with van der Waals surface area (Å²) in [6.07, 6.45) is 0. The summed E-state index contributed by atoms with van der Waals surface area (Å²) in [5.41, 5.74) is 2.70. The first kappa shape index (κ1) is 12.6. The van der Waals surface area contributed by atoms with E-state index in [-0.39, 0.29) is 5.75 Å². The van der Waals surface area contributed by atoms with E-state index in [1.807, 2.05) is 5.38 Å². The number of aromatic nitrogens is 1. The average molecular weight is 249 g/mol. The minimum absolute atomic E-state index is 0.102. The third-order valence-electron chi connectivity index (χ3n) is 1.70. The summed E-state index contributed by atoms with van der Waals surface area (Å²) in [6, 6.07) is 0. The van der Waals surface area contributed by atoms with Gasteiger partial charge in [0.2, 0.25) is 10.0 Å². The van der Waals surface area contributed by atoms with E-state index in [4.69, 9.17) is 0 Å². The molecule has 86 valence electrons. The molecule has 0 atom stereocenters. The molecule has 0 fully saturated rings. The monoisotopic (exact) mass is 249 g/mol. The summed E-state index contributed by atoms with van der Waals surface area (Å²) in [7, 11) is -3.10. The molecule has 0 bridgehead atoms. The zero-order valence-electron chi connectivity index (χ0n) is 8.56. The highest BCUT2D eigenvalue weighted by atomic mass is 32.2. The van der Waals surface area contributed by atoms with Gasteiger partial charge in [0.25, 0.3) is 0 Å². The molecule has 0 aromatic carbocycles. The molecule has 0 aliphatic rings. The van der Waals surface area contributed by atoms with Gasteiger partial charge in [-0.2, -0.15) is 0 Å². The van der Waals surface area contributed by atoms with Crippen molar-refractivity contribution in [3.63, 3.8) is 0 Å². The molecule has 1 rings (SSSR count). The predicted octanol–water partition coefficient (Wildman–Crippen LogP) is 0.172. The van der Waals surface area contributed by atoms with Gasteiger partial charge in [0, 0.05) is 25.0 Å². The molecule has 0 radical (unpaired) electrons. The van der Waals surface area contributed by atoms with Crippen LogP contribution in [0.3, 0.4) is 0 Å². The van der Waals surface area contributed by atoms with E-state index in [9.17, 15) is 8.42 Å². The average Bonchev–Trinajstić information content (AvgIpc) is 2.65. The predicted molar refractivity (Wildman–Crippen MR) is 61.3 cm³/mol. The van der Waals surface area contributed by atoms with Crippen LogP contribution in [0.15, 0.2) is 10.9 Å². The summed E-state index contributed by atoms with van der Waals surface area (Å²) in [5.74, 6) is 0.102. The van der Waals surface area contributed by atoms with E-state index in [2.05, 4.69) is 15.0 Å². The lowest BCUT2D eigenvalue weighted by Gasteiger charge is -2.04. The lowest BCUT2D eigenvalue weighted by Crippen LogP contribution is -2.31. The standard InChI is InChI=1S/C8H15N3O2S2/c1-2-11-15(12,13)4-3-9-5-8-6-14-7-10-8/h6-7,9,11H,2-5H2,1H3. The Kier molecular flexibility index (Phi) is 5.16. The largest absolute Gasteiger partial charge is 0.310 e. The Hall–Kier alpha value is -0.500. The summed E-state index contributed by atoms with van der Waals surface area (Å²) in [4.78, 5) is 4.08. The fraction of sp³-hybridized carbons (Fsp3) is 0.625. The first-order chi connectivity index (χ1) is 7.14. The Morgan fingerprint density at radius 1 is 1.53 bits per heavy atom. The molecule has 15 heavy (non-hydrogen) atoms. The maximum Gasteiger partial charge on any atom is 0.212 e. The van der Waals surface area contributed by atoms with Crippen LogP contribution in [-0.4, -0.2) is 32.2 Å². The molecule has 0 spiro atoms. The van der Waals surface area contributed by atoms with Gasteiger partial charge in [-0.25, -0.2) is 18.1 Å². The molecule has 0 unspecified atom stereocenters. The molecule has 5 nitrogen and oxygen atoms in total. The number of hydrogen-bond acceptors (Lipinski definition) is 5. The van der Waals surface area contributed by atoms with Crippen LogP contribution in [0.25, 0.3) is 0 Å². The normalized spacial score (nSPS) is 11.8. The van der Waals surface area contributed by atoms with Crippen LogP contribution in [0.1, 0.15) is 12.6 Å². The van der Waals surface area contributed by atoms with Crippen LogP contribution in [0.5, 0.6) is 0 Å². The number of thiazole rings is 1. The number of hydrogen-bond donors (Lipinski definition) is 2. The fourth-order valence-electron chi connectivity index (χ4n) is 1.04. The number of nitrogens with one attached hydrogen (secondary N) is 2. The highest BCUT2D eigenvalue weighted by Gasteiger charge is 2.06. The van der Waals surface area contributed by atoms with Crippen molar-refractivity contribution >= 4 is 21.4 Å². The maximum atomic E-state index is 11.2. The van der Waals surface area contributed by atoms with Crippen molar-refractivity contribution in [2.75, 3.05) is 18.8 Å². The fourth-order valence-corrected chi connectivity index (χ4v) is 2.60. The third-order valence-corrected chi connectivity index (χ3v) is 3.81. The number of sulfonamides is 1. The van der Waals surface area contributed by atoms with Crippen LogP contribution in [0, 0.1) is 0 Å². The zero-order valence-corrected chi connectivity index (χ0v) is 10.2. The first-order valence-corrected chi connectivity index (χ1v) is 7.28. The molecule has 0 saturated heterocycles. The minimum Gasteiger partial charge on any atom is -0.310 e. The van der Waals surface area contributed by atoms with Gasteiger partial charge in [-0.1, -0.05) is 6.92 Å². The minimum atomic E-state index is -3.10. The topological polar surface area (TPSA) is 71.1 Å². The van der Waals surface area contributed by atoms with Gasteiger partial charge in [0.15, 0.2) is 0 Å². The van der Waals surface area contributed by atoms with Crippen molar-refractivity contribution in [2.45, 2.75) is 13.5 Å². The second-order valence-corrected chi connectivity index (χ2v) is 5.62. The second kappa shape index (κ2) is 6.16. The summed E-state index contributed by atoms with van der Waals surface area (Å²) >= 11 is 1.53.